The predicted octanol–water partition coefficient (Wildman–Crippen LogP) is 2.40. The molecule has 1 amide bonds. The van der Waals surface area contributed by atoms with Gasteiger partial charge in [-0.2, -0.15) is 0 Å². The van der Waals surface area contributed by atoms with E-state index in [0.717, 1.165) is 12.8 Å². The summed E-state index contributed by atoms with van der Waals surface area (Å²) in [7, 11) is 5.65. The quantitative estimate of drug-likeness (QED) is 0.430. The van der Waals surface area contributed by atoms with Crippen molar-refractivity contribution >= 4 is 11.9 Å². The maximum absolute atomic E-state index is 11.6. The van der Waals surface area contributed by atoms with E-state index in [0.29, 0.717) is 30.3 Å². The number of nitrogens with zero attached hydrogens (tertiary/aromatic N) is 1. The Morgan fingerprint density at radius 2 is 1.67 bits per heavy atom. The molecule has 0 spiro atoms. The maximum atomic E-state index is 11.6. The molecule has 0 radical (unpaired) electrons. The number of amides is 1. The van der Waals surface area contributed by atoms with Crippen LogP contribution in [0.25, 0.3) is 0 Å². The predicted molar refractivity (Wildman–Crippen MR) is 85.1 cm³/mol. The van der Waals surface area contributed by atoms with Gasteiger partial charge in [-0.3, -0.25) is 4.79 Å². The Balaban J connectivity index is 3.74. The average molecular weight is 301 g/mol. The fourth-order valence-corrected chi connectivity index (χ4v) is 2.34. The highest BCUT2D eigenvalue weighted by molar-refractivity contribution is 5.75. The third kappa shape index (κ3) is 10.3. The maximum Gasteiger partial charge on any atom is 0.362 e. The minimum Gasteiger partial charge on any atom is -0.477 e. The SMILES string of the molecule is CCCCCCCC(=O)NCCCC(C(=O)O)[N+](C)(C)C. The van der Waals surface area contributed by atoms with Crippen LogP contribution in [0, 0.1) is 0 Å². The van der Waals surface area contributed by atoms with Gasteiger partial charge in [-0.1, -0.05) is 32.6 Å². The van der Waals surface area contributed by atoms with Crippen LogP contribution in [0.15, 0.2) is 0 Å². The fraction of sp³-hybridized carbons (Fsp3) is 0.875. The molecule has 0 aromatic heterocycles. The van der Waals surface area contributed by atoms with E-state index in [9.17, 15) is 14.7 Å². The van der Waals surface area contributed by atoms with Crippen LogP contribution in [0.5, 0.6) is 0 Å². The van der Waals surface area contributed by atoms with Crippen LogP contribution in [0.2, 0.25) is 0 Å². The Kier molecular flexibility index (Phi) is 10.0. The fourth-order valence-electron chi connectivity index (χ4n) is 2.34. The molecule has 0 aliphatic rings. The van der Waals surface area contributed by atoms with E-state index in [2.05, 4.69) is 12.2 Å². The number of carboxylic acid groups (broad SMARTS) is 1. The lowest BCUT2D eigenvalue weighted by molar-refractivity contribution is -0.887. The van der Waals surface area contributed by atoms with Crippen molar-refractivity contribution < 1.29 is 19.2 Å². The molecule has 0 aliphatic heterocycles. The number of aliphatic carboxylic acids is 1. The summed E-state index contributed by atoms with van der Waals surface area (Å²) in [5.74, 6) is -0.687. The summed E-state index contributed by atoms with van der Waals surface area (Å²) in [6.45, 7) is 2.74. The molecule has 2 N–H and O–H groups in total. The standard InChI is InChI=1S/C16H32N2O3/c1-5-6-7-8-9-12-15(19)17-13-10-11-14(16(20)21)18(2,3)4/h14H,5-13H2,1-4H3,(H-,17,19,20,21)/p+1. The molecule has 5 nitrogen and oxygen atoms in total. The molecule has 0 aromatic carbocycles. The van der Waals surface area contributed by atoms with Crippen molar-refractivity contribution in [1.29, 1.82) is 0 Å². The van der Waals surface area contributed by atoms with E-state index in [1.807, 2.05) is 21.1 Å². The summed E-state index contributed by atoms with van der Waals surface area (Å²) in [6, 6.07) is -0.420. The van der Waals surface area contributed by atoms with Gasteiger partial charge in [0.15, 0.2) is 6.04 Å². The molecule has 0 rings (SSSR count). The molecule has 0 saturated carbocycles. The number of unbranched alkanes of at least 4 members (excludes halogenated alkanes) is 4. The normalized spacial score (nSPS) is 13.0. The van der Waals surface area contributed by atoms with Gasteiger partial charge in [-0.05, 0) is 12.8 Å². The van der Waals surface area contributed by atoms with E-state index in [4.69, 9.17) is 0 Å². The number of hydrogen-bond acceptors (Lipinski definition) is 2. The van der Waals surface area contributed by atoms with Gasteiger partial charge in [0.1, 0.15) is 0 Å². The first-order valence-corrected chi connectivity index (χ1v) is 8.09. The number of hydrogen-bond donors (Lipinski definition) is 2. The highest BCUT2D eigenvalue weighted by Crippen LogP contribution is 2.10. The van der Waals surface area contributed by atoms with Crippen LogP contribution in [-0.2, 0) is 9.59 Å². The third-order valence-corrected chi connectivity index (χ3v) is 3.70. The number of carbonyl (C=O) groups is 2. The minimum absolute atomic E-state index is 0.0867. The van der Waals surface area contributed by atoms with Gasteiger partial charge in [0.2, 0.25) is 5.91 Å². The molecule has 124 valence electrons. The highest BCUT2D eigenvalue weighted by atomic mass is 16.4. The largest absolute Gasteiger partial charge is 0.477 e. The van der Waals surface area contributed by atoms with Crippen LogP contribution < -0.4 is 5.32 Å². The second-order valence-corrected chi connectivity index (χ2v) is 6.63. The van der Waals surface area contributed by atoms with Crippen molar-refractivity contribution in [1.82, 2.24) is 5.32 Å². The van der Waals surface area contributed by atoms with Gasteiger partial charge in [-0.15, -0.1) is 0 Å². The molecule has 0 aromatic rings. The van der Waals surface area contributed by atoms with Crippen LogP contribution in [0.3, 0.4) is 0 Å². The first-order valence-electron chi connectivity index (χ1n) is 8.09. The molecule has 1 unspecified atom stereocenters. The molecule has 0 heterocycles. The Hall–Kier alpha value is -1.10. The second-order valence-electron chi connectivity index (χ2n) is 6.63. The van der Waals surface area contributed by atoms with E-state index in [1.165, 1.54) is 19.3 Å². The zero-order chi connectivity index (χ0) is 16.3. The van der Waals surface area contributed by atoms with Crippen LogP contribution >= 0.6 is 0 Å². The zero-order valence-corrected chi connectivity index (χ0v) is 14.2. The average Bonchev–Trinajstić information content (AvgIpc) is 2.36. The van der Waals surface area contributed by atoms with E-state index < -0.39 is 12.0 Å². The van der Waals surface area contributed by atoms with Gasteiger partial charge < -0.3 is 14.9 Å². The van der Waals surface area contributed by atoms with Gasteiger partial charge >= 0.3 is 5.97 Å². The van der Waals surface area contributed by atoms with E-state index in [1.54, 1.807) is 0 Å². The lowest BCUT2D eigenvalue weighted by atomic mass is 10.1. The molecule has 0 saturated heterocycles. The highest BCUT2D eigenvalue weighted by Gasteiger charge is 2.30. The molecule has 5 heteroatoms. The molecule has 0 bridgehead atoms. The first-order chi connectivity index (χ1) is 9.79. The number of carboxylic acids is 1. The van der Waals surface area contributed by atoms with Crippen molar-refractivity contribution in [2.75, 3.05) is 27.7 Å². The van der Waals surface area contributed by atoms with E-state index >= 15 is 0 Å². The number of rotatable bonds is 12. The molecular formula is C16H33N2O3+. The van der Waals surface area contributed by atoms with Crippen LogP contribution in [0.1, 0.15) is 58.3 Å². The summed E-state index contributed by atoms with van der Waals surface area (Å²) in [5, 5.41) is 12.1. The van der Waals surface area contributed by atoms with Crippen molar-refractivity contribution in [3.05, 3.63) is 0 Å². The van der Waals surface area contributed by atoms with Crippen molar-refractivity contribution in [3.8, 4) is 0 Å². The summed E-state index contributed by atoms with van der Waals surface area (Å²) in [5.41, 5.74) is 0. The second kappa shape index (κ2) is 10.6. The lowest BCUT2D eigenvalue weighted by Gasteiger charge is -2.31. The minimum atomic E-state index is -0.773. The van der Waals surface area contributed by atoms with Crippen molar-refractivity contribution in [2.45, 2.75) is 64.3 Å². The molecule has 0 fully saturated rings. The summed E-state index contributed by atoms with van der Waals surface area (Å²) in [6.07, 6.45) is 7.58. The number of quaternary nitrogens is 1. The zero-order valence-electron chi connectivity index (χ0n) is 14.2. The number of likely N-dealkylation sites (N-methyl/N-ethyl adjacent to an activating group) is 1. The smallest absolute Gasteiger partial charge is 0.362 e. The van der Waals surface area contributed by atoms with E-state index in [-0.39, 0.29) is 5.91 Å². The number of carbonyl (C=O) groups excluding carboxylic acids is 1. The molecule has 21 heavy (non-hydrogen) atoms. The Morgan fingerprint density at radius 1 is 1.05 bits per heavy atom. The van der Waals surface area contributed by atoms with Crippen molar-refractivity contribution in [2.24, 2.45) is 0 Å². The summed E-state index contributed by atoms with van der Waals surface area (Å²) in [4.78, 5) is 22.8. The van der Waals surface area contributed by atoms with Crippen LogP contribution in [0.4, 0.5) is 0 Å². The van der Waals surface area contributed by atoms with Gasteiger partial charge in [0.05, 0.1) is 21.1 Å². The Labute approximate surface area is 129 Å². The Morgan fingerprint density at radius 3 is 2.19 bits per heavy atom. The summed E-state index contributed by atoms with van der Waals surface area (Å²) < 4.78 is 0.403. The van der Waals surface area contributed by atoms with Gasteiger partial charge in [-0.25, -0.2) is 4.79 Å². The molecule has 1 atom stereocenters. The lowest BCUT2D eigenvalue weighted by Crippen LogP contribution is -2.50. The van der Waals surface area contributed by atoms with Crippen molar-refractivity contribution in [3.63, 3.8) is 0 Å². The third-order valence-electron chi connectivity index (χ3n) is 3.70. The first kappa shape index (κ1) is 19.9. The number of nitrogens with one attached hydrogen (secondary N) is 1. The molecule has 0 aliphatic carbocycles. The Bertz CT molecular complexity index is 311. The van der Waals surface area contributed by atoms with Crippen LogP contribution in [-0.4, -0.2) is 55.2 Å². The topological polar surface area (TPSA) is 66.4 Å². The monoisotopic (exact) mass is 301 g/mol. The van der Waals surface area contributed by atoms with Gasteiger partial charge in [0, 0.05) is 19.4 Å². The van der Waals surface area contributed by atoms with Gasteiger partial charge in [0.25, 0.3) is 0 Å². The molecular weight excluding hydrogens is 268 g/mol. The summed E-state index contributed by atoms with van der Waals surface area (Å²) >= 11 is 0.